The van der Waals surface area contributed by atoms with Gasteiger partial charge in [-0.25, -0.2) is 0 Å². The van der Waals surface area contributed by atoms with Gasteiger partial charge < -0.3 is 5.11 Å². The maximum Gasteiger partial charge on any atom is 0.254 e. The van der Waals surface area contributed by atoms with E-state index in [2.05, 4.69) is 21.0 Å². The highest BCUT2D eigenvalue weighted by molar-refractivity contribution is 9.10. The molecule has 1 aliphatic heterocycles. The van der Waals surface area contributed by atoms with E-state index in [1.54, 1.807) is 12.1 Å². The number of hydrogen-bond acceptors (Lipinski definition) is 4. The third-order valence-corrected chi connectivity index (χ3v) is 5.24. The summed E-state index contributed by atoms with van der Waals surface area (Å²) in [6, 6.07) is 4.90. The number of benzene rings is 1. The van der Waals surface area contributed by atoms with Crippen molar-refractivity contribution in [3.63, 3.8) is 0 Å². The van der Waals surface area contributed by atoms with E-state index in [1.807, 2.05) is 12.2 Å². The molecule has 0 unspecified atom stereocenters. The molecule has 2 bridgehead atoms. The fraction of sp³-hybridized carbons (Fsp3) is 0.312. The van der Waals surface area contributed by atoms with Crippen molar-refractivity contribution >= 4 is 34.0 Å². The molecule has 3 aliphatic rings. The summed E-state index contributed by atoms with van der Waals surface area (Å²) in [7, 11) is 0. The number of fused-ring (bicyclic) bond motifs is 5. The van der Waals surface area contributed by atoms with Gasteiger partial charge in [0.25, 0.3) is 11.8 Å². The Morgan fingerprint density at radius 2 is 1.82 bits per heavy atom. The van der Waals surface area contributed by atoms with Crippen LogP contribution in [-0.2, 0) is 9.59 Å². The molecule has 0 spiro atoms. The van der Waals surface area contributed by atoms with Crippen LogP contribution >= 0.6 is 15.9 Å². The monoisotopic (exact) mass is 360 g/mol. The molecule has 1 aromatic carbocycles. The first kappa shape index (κ1) is 13.7. The molecule has 4 rings (SSSR count). The Balaban J connectivity index is 1.62. The van der Waals surface area contributed by atoms with Crippen LogP contribution in [0.25, 0.3) is 0 Å². The Hall–Kier alpha value is -1.95. The Labute approximate surface area is 135 Å². The number of aromatic hydroxyl groups is 1. The Morgan fingerprint density at radius 1 is 1.18 bits per heavy atom. The summed E-state index contributed by atoms with van der Waals surface area (Å²) in [5.41, 5.74) is 0.452. The van der Waals surface area contributed by atoms with Crippen LogP contribution in [0.5, 0.6) is 5.75 Å². The van der Waals surface area contributed by atoms with Gasteiger partial charge in [0.2, 0.25) is 0 Å². The van der Waals surface area contributed by atoms with E-state index in [1.165, 1.54) is 12.3 Å². The highest BCUT2D eigenvalue weighted by Crippen LogP contribution is 2.52. The Bertz CT molecular complexity index is 713. The number of carbonyl (C=O) groups is 2. The predicted octanol–water partition coefficient (Wildman–Crippen LogP) is 2.30. The number of hydrazone groups is 1. The zero-order valence-electron chi connectivity index (χ0n) is 11.5. The lowest BCUT2D eigenvalue weighted by molar-refractivity contribution is -0.140. The normalized spacial score (nSPS) is 32.5. The molecule has 2 fully saturated rings. The molecule has 2 amide bonds. The van der Waals surface area contributed by atoms with Gasteiger partial charge in [0.15, 0.2) is 0 Å². The summed E-state index contributed by atoms with van der Waals surface area (Å²) < 4.78 is 0.782. The lowest BCUT2D eigenvalue weighted by Gasteiger charge is -2.13. The van der Waals surface area contributed by atoms with Crippen LogP contribution in [-0.4, -0.2) is 28.1 Å². The van der Waals surface area contributed by atoms with Crippen LogP contribution in [0.4, 0.5) is 0 Å². The van der Waals surface area contributed by atoms with Gasteiger partial charge in [0.1, 0.15) is 5.75 Å². The van der Waals surface area contributed by atoms with Crippen molar-refractivity contribution in [2.75, 3.05) is 0 Å². The largest absolute Gasteiger partial charge is 0.507 e. The Morgan fingerprint density at radius 3 is 2.45 bits per heavy atom. The highest BCUT2D eigenvalue weighted by atomic mass is 79.9. The van der Waals surface area contributed by atoms with E-state index in [-0.39, 0.29) is 41.2 Å². The number of rotatable bonds is 2. The quantitative estimate of drug-likeness (QED) is 0.499. The summed E-state index contributed by atoms with van der Waals surface area (Å²) in [5, 5.41) is 14.8. The maximum absolute atomic E-state index is 12.4. The topological polar surface area (TPSA) is 70.0 Å². The summed E-state index contributed by atoms with van der Waals surface area (Å²) in [5.74, 6) is -0.563. The number of imide groups is 1. The van der Waals surface area contributed by atoms with Gasteiger partial charge in [-0.3, -0.25) is 9.59 Å². The molecule has 1 N–H and O–H groups in total. The molecule has 1 aromatic rings. The molecule has 0 radical (unpaired) electrons. The third kappa shape index (κ3) is 1.86. The first-order chi connectivity index (χ1) is 10.6. The van der Waals surface area contributed by atoms with E-state index in [9.17, 15) is 14.7 Å². The molecular weight excluding hydrogens is 348 g/mol. The lowest BCUT2D eigenvalue weighted by Crippen LogP contribution is -2.28. The second-order valence-electron chi connectivity index (χ2n) is 5.94. The van der Waals surface area contributed by atoms with Gasteiger partial charge >= 0.3 is 0 Å². The van der Waals surface area contributed by atoms with Crippen molar-refractivity contribution in [2.45, 2.75) is 6.42 Å². The van der Waals surface area contributed by atoms with Crippen molar-refractivity contribution < 1.29 is 14.7 Å². The van der Waals surface area contributed by atoms with E-state index >= 15 is 0 Å². The number of phenols is 1. The Kier molecular flexibility index (Phi) is 2.97. The standard InChI is InChI=1S/C16H13BrN2O3/c17-11-3-4-12(20)10(6-11)7-18-19-15(21)13-8-1-2-9(5-8)14(13)16(19)22/h1-4,6-9,13-14,20H,5H2/b18-7-/t8-,9-,13+,14+/m0/s1. The summed E-state index contributed by atoms with van der Waals surface area (Å²) in [4.78, 5) is 24.9. The van der Waals surface area contributed by atoms with Crippen LogP contribution in [0.15, 0.2) is 39.9 Å². The van der Waals surface area contributed by atoms with Gasteiger partial charge in [-0.1, -0.05) is 28.1 Å². The van der Waals surface area contributed by atoms with E-state index < -0.39 is 0 Å². The lowest BCUT2D eigenvalue weighted by atomic mass is 9.85. The van der Waals surface area contributed by atoms with Crippen molar-refractivity contribution in [1.82, 2.24) is 5.01 Å². The number of carbonyl (C=O) groups excluding carboxylic acids is 2. The molecular formula is C16H13BrN2O3. The molecule has 1 heterocycles. The fourth-order valence-electron chi connectivity index (χ4n) is 3.75. The average Bonchev–Trinajstić information content (AvgIpc) is 3.16. The van der Waals surface area contributed by atoms with Crippen LogP contribution in [0, 0.1) is 23.7 Å². The minimum absolute atomic E-state index is 0.0491. The first-order valence-corrected chi connectivity index (χ1v) is 7.94. The predicted molar refractivity (Wildman–Crippen MR) is 83.0 cm³/mol. The first-order valence-electron chi connectivity index (χ1n) is 7.15. The summed E-state index contributed by atoms with van der Waals surface area (Å²) in [6.07, 6.45) is 6.35. The fourth-order valence-corrected chi connectivity index (χ4v) is 4.13. The molecule has 5 nitrogen and oxygen atoms in total. The van der Waals surface area contributed by atoms with Crippen LogP contribution in [0.2, 0.25) is 0 Å². The molecule has 1 saturated heterocycles. The molecule has 112 valence electrons. The molecule has 22 heavy (non-hydrogen) atoms. The van der Waals surface area contributed by atoms with E-state index in [0.29, 0.717) is 5.56 Å². The molecule has 0 aromatic heterocycles. The van der Waals surface area contributed by atoms with Gasteiger partial charge in [-0.05, 0) is 36.5 Å². The molecule has 6 heteroatoms. The second kappa shape index (κ2) is 4.78. The van der Waals surface area contributed by atoms with Crippen LogP contribution in [0.3, 0.4) is 0 Å². The van der Waals surface area contributed by atoms with Crippen molar-refractivity contribution in [3.8, 4) is 5.75 Å². The number of nitrogens with zero attached hydrogens (tertiary/aromatic N) is 2. The number of phenolic OH excluding ortho intramolecular Hbond substituents is 1. The number of allylic oxidation sites excluding steroid dienone is 2. The van der Waals surface area contributed by atoms with Gasteiger partial charge in [0.05, 0.1) is 18.1 Å². The average molecular weight is 361 g/mol. The minimum Gasteiger partial charge on any atom is -0.507 e. The zero-order valence-corrected chi connectivity index (χ0v) is 13.1. The van der Waals surface area contributed by atoms with Crippen molar-refractivity contribution in [3.05, 3.63) is 40.4 Å². The minimum atomic E-state index is -0.254. The van der Waals surface area contributed by atoms with Crippen LogP contribution < -0.4 is 0 Å². The number of halogens is 1. The molecule has 2 aliphatic carbocycles. The second-order valence-corrected chi connectivity index (χ2v) is 6.85. The number of hydrogen-bond donors (Lipinski definition) is 1. The smallest absolute Gasteiger partial charge is 0.254 e. The summed E-state index contributed by atoms with van der Waals surface area (Å²) >= 11 is 3.31. The summed E-state index contributed by atoms with van der Waals surface area (Å²) in [6.45, 7) is 0. The van der Waals surface area contributed by atoms with Gasteiger partial charge in [0, 0.05) is 10.0 Å². The van der Waals surface area contributed by atoms with Gasteiger partial charge in [-0.15, -0.1) is 0 Å². The van der Waals surface area contributed by atoms with Gasteiger partial charge in [-0.2, -0.15) is 10.1 Å². The molecule has 1 saturated carbocycles. The van der Waals surface area contributed by atoms with E-state index in [4.69, 9.17) is 0 Å². The van der Waals surface area contributed by atoms with Crippen LogP contribution in [0.1, 0.15) is 12.0 Å². The molecule has 4 atom stereocenters. The highest BCUT2D eigenvalue weighted by Gasteiger charge is 2.59. The van der Waals surface area contributed by atoms with Crippen molar-refractivity contribution in [2.24, 2.45) is 28.8 Å². The number of amides is 2. The maximum atomic E-state index is 12.4. The SMILES string of the molecule is O=C1[C@H]2[C@H](C(=O)N1/N=C\c1cc(Br)ccc1O)[C@H]1C=C[C@H]2C1. The van der Waals surface area contributed by atoms with E-state index in [0.717, 1.165) is 15.9 Å². The van der Waals surface area contributed by atoms with Crippen molar-refractivity contribution in [1.29, 1.82) is 0 Å². The third-order valence-electron chi connectivity index (χ3n) is 4.75. The zero-order chi connectivity index (χ0) is 15.4.